The van der Waals surface area contributed by atoms with Crippen molar-refractivity contribution >= 4 is 5.91 Å². The van der Waals surface area contributed by atoms with E-state index in [1.54, 1.807) is 30.6 Å². The van der Waals surface area contributed by atoms with Crippen LogP contribution in [-0.2, 0) is 11.2 Å². The lowest BCUT2D eigenvalue weighted by molar-refractivity contribution is -0.121. The number of hydrogen-bond acceptors (Lipinski definition) is 3. The van der Waals surface area contributed by atoms with Gasteiger partial charge in [-0.25, -0.2) is 0 Å². The molecule has 0 unspecified atom stereocenters. The second-order valence-electron chi connectivity index (χ2n) is 4.66. The summed E-state index contributed by atoms with van der Waals surface area (Å²) in [5.74, 6) is 0.121. The van der Waals surface area contributed by atoms with Gasteiger partial charge in [0, 0.05) is 12.4 Å². The third-order valence-corrected chi connectivity index (χ3v) is 3.13. The summed E-state index contributed by atoms with van der Waals surface area (Å²) in [5, 5.41) is 12.4. The molecule has 0 aliphatic heterocycles. The van der Waals surface area contributed by atoms with Crippen molar-refractivity contribution in [2.24, 2.45) is 0 Å². The lowest BCUT2D eigenvalue weighted by Gasteiger charge is -2.17. The molecule has 1 aromatic carbocycles. The number of aromatic nitrogens is 1. The van der Waals surface area contributed by atoms with Crippen LogP contribution in [0.1, 0.15) is 30.5 Å². The lowest BCUT2D eigenvalue weighted by atomic mass is 10.1. The van der Waals surface area contributed by atoms with E-state index < -0.39 is 0 Å². The Hall–Kier alpha value is -2.36. The Kier molecular flexibility index (Phi) is 4.71. The minimum Gasteiger partial charge on any atom is -0.508 e. The van der Waals surface area contributed by atoms with E-state index in [-0.39, 0.29) is 24.1 Å². The van der Waals surface area contributed by atoms with Crippen LogP contribution in [0.4, 0.5) is 0 Å². The van der Waals surface area contributed by atoms with Crippen LogP contribution in [0.25, 0.3) is 0 Å². The Labute approximate surface area is 118 Å². The summed E-state index contributed by atoms with van der Waals surface area (Å²) in [6, 6.07) is 10.6. The molecule has 1 amide bonds. The van der Waals surface area contributed by atoms with Crippen LogP contribution >= 0.6 is 0 Å². The van der Waals surface area contributed by atoms with Crippen molar-refractivity contribution in [1.82, 2.24) is 10.3 Å². The van der Waals surface area contributed by atoms with Gasteiger partial charge in [-0.15, -0.1) is 0 Å². The van der Waals surface area contributed by atoms with Crippen LogP contribution in [0.2, 0.25) is 0 Å². The van der Waals surface area contributed by atoms with Crippen molar-refractivity contribution in [2.45, 2.75) is 25.8 Å². The maximum Gasteiger partial charge on any atom is 0.224 e. The first-order valence-corrected chi connectivity index (χ1v) is 6.66. The van der Waals surface area contributed by atoms with E-state index >= 15 is 0 Å². The summed E-state index contributed by atoms with van der Waals surface area (Å²) in [7, 11) is 0. The molecule has 4 heteroatoms. The first-order valence-electron chi connectivity index (χ1n) is 6.66. The number of nitrogens with one attached hydrogen (secondary N) is 1. The second kappa shape index (κ2) is 6.70. The molecule has 0 saturated carbocycles. The van der Waals surface area contributed by atoms with Crippen LogP contribution in [-0.4, -0.2) is 16.0 Å². The molecule has 1 aromatic heterocycles. The number of pyridine rings is 1. The molecule has 20 heavy (non-hydrogen) atoms. The predicted molar refractivity (Wildman–Crippen MR) is 77.2 cm³/mol. The van der Waals surface area contributed by atoms with Crippen molar-refractivity contribution in [3.8, 4) is 5.75 Å². The van der Waals surface area contributed by atoms with Crippen molar-refractivity contribution in [3.63, 3.8) is 0 Å². The molecular weight excluding hydrogens is 252 g/mol. The predicted octanol–water partition coefficient (Wildman–Crippen LogP) is 2.60. The molecular formula is C16H18N2O2. The molecule has 2 N–H and O–H groups in total. The number of nitrogens with zero attached hydrogens (tertiary/aromatic N) is 1. The number of benzene rings is 1. The van der Waals surface area contributed by atoms with Crippen LogP contribution in [0, 0.1) is 0 Å². The van der Waals surface area contributed by atoms with Crippen molar-refractivity contribution in [1.29, 1.82) is 0 Å². The van der Waals surface area contributed by atoms with Crippen LogP contribution < -0.4 is 5.32 Å². The summed E-state index contributed by atoms with van der Waals surface area (Å²) < 4.78 is 0. The van der Waals surface area contributed by atoms with E-state index in [0.717, 1.165) is 17.5 Å². The molecule has 0 fully saturated rings. The van der Waals surface area contributed by atoms with E-state index in [2.05, 4.69) is 10.3 Å². The highest BCUT2D eigenvalue weighted by molar-refractivity contribution is 5.79. The lowest BCUT2D eigenvalue weighted by Crippen LogP contribution is -2.29. The smallest absolute Gasteiger partial charge is 0.224 e. The molecule has 2 rings (SSSR count). The van der Waals surface area contributed by atoms with Gasteiger partial charge >= 0.3 is 0 Å². The molecule has 0 bridgehead atoms. The fourth-order valence-corrected chi connectivity index (χ4v) is 2.11. The van der Waals surface area contributed by atoms with Crippen molar-refractivity contribution in [3.05, 3.63) is 59.9 Å². The Morgan fingerprint density at radius 2 is 2.05 bits per heavy atom. The zero-order valence-electron chi connectivity index (χ0n) is 11.4. The number of phenols is 1. The maximum absolute atomic E-state index is 12.1. The molecule has 0 aliphatic rings. The topological polar surface area (TPSA) is 62.2 Å². The molecule has 104 valence electrons. The minimum atomic E-state index is -0.0562. The van der Waals surface area contributed by atoms with Crippen molar-refractivity contribution in [2.75, 3.05) is 0 Å². The number of hydrogen-bond donors (Lipinski definition) is 2. The highest BCUT2D eigenvalue weighted by Gasteiger charge is 2.12. The van der Waals surface area contributed by atoms with Gasteiger partial charge in [0.1, 0.15) is 5.75 Å². The highest BCUT2D eigenvalue weighted by Crippen LogP contribution is 2.16. The molecule has 0 aliphatic carbocycles. The molecule has 1 atom stereocenters. The van der Waals surface area contributed by atoms with Gasteiger partial charge in [0.05, 0.1) is 12.5 Å². The van der Waals surface area contributed by atoms with Gasteiger partial charge < -0.3 is 10.4 Å². The Morgan fingerprint density at radius 3 is 2.70 bits per heavy atom. The third kappa shape index (κ3) is 3.82. The van der Waals surface area contributed by atoms with E-state index in [0.29, 0.717) is 0 Å². The van der Waals surface area contributed by atoms with Gasteiger partial charge in [-0.1, -0.05) is 19.1 Å². The average Bonchev–Trinajstić information content (AvgIpc) is 2.45. The first-order chi connectivity index (χ1) is 9.69. The molecule has 0 spiro atoms. The van der Waals surface area contributed by atoms with Crippen LogP contribution in [0.5, 0.6) is 5.75 Å². The normalized spacial score (nSPS) is 11.8. The van der Waals surface area contributed by atoms with Gasteiger partial charge in [0.15, 0.2) is 0 Å². The largest absolute Gasteiger partial charge is 0.508 e. The quantitative estimate of drug-likeness (QED) is 0.877. The summed E-state index contributed by atoms with van der Waals surface area (Å²) in [4.78, 5) is 16.0. The first kappa shape index (κ1) is 14.1. The Morgan fingerprint density at radius 1 is 1.30 bits per heavy atom. The number of amides is 1. The number of aromatic hydroxyl groups is 1. The average molecular weight is 270 g/mol. The van der Waals surface area contributed by atoms with E-state index in [4.69, 9.17) is 0 Å². The fourth-order valence-electron chi connectivity index (χ4n) is 2.11. The van der Waals surface area contributed by atoms with E-state index in [1.807, 2.05) is 25.1 Å². The third-order valence-electron chi connectivity index (χ3n) is 3.13. The maximum atomic E-state index is 12.1. The molecule has 4 nitrogen and oxygen atoms in total. The summed E-state index contributed by atoms with van der Waals surface area (Å²) >= 11 is 0. The zero-order valence-corrected chi connectivity index (χ0v) is 11.4. The van der Waals surface area contributed by atoms with Gasteiger partial charge in [-0.2, -0.15) is 0 Å². The van der Waals surface area contributed by atoms with Crippen LogP contribution in [0.15, 0.2) is 48.8 Å². The van der Waals surface area contributed by atoms with Gasteiger partial charge in [-0.05, 0) is 41.8 Å². The van der Waals surface area contributed by atoms with E-state index in [1.165, 1.54) is 0 Å². The van der Waals surface area contributed by atoms with Gasteiger partial charge in [0.25, 0.3) is 0 Å². The SMILES string of the molecule is CC[C@H](NC(=O)Cc1cccc(O)c1)c1ccncc1. The number of carbonyl (C=O) groups is 1. The molecule has 2 aromatic rings. The summed E-state index contributed by atoms with van der Waals surface area (Å²) in [6.07, 6.45) is 4.52. The molecule has 0 radical (unpaired) electrons. The number of rotatable bonds is 5. The van der Waals surface area contributed by atoms with Crippen LogP contribution in [0.3, 0.4) is 0 Å². The number of phenolic OH excluding ortho intramolecular Hbond substituents is 1. The fraction of sp³-hybridized carbons (Fsp3) is 0.250. The number of carbonyl (C=O) groups excluding carboxylic acids is 1. The minimum absolute atomic E-state index is 0.0113. The highest BCUT2D eigenvalue weighted by atomic mass is 16.3. The summed E-state index contributed by atoms with van der Waals surface area (Å²) in [5.41, 5.74) is 1.85. The van der Waals surface area contributed by atoms with Gasteiger partial charge in [0.2, 0.25) is 5.91 Å². The Balaban J connectivity index is 2.00. The molecule has 1 heterocycles. The van der Waals surface area contributed by atoms with Crippen molar-refractivity contribution < 1.29 is 9.90 Å². The second-order valence-corrected chi connectivity index (χ2v) is 4.66. The molecule has 0 saturated heterocycles. The monoisotopic (exact) mass is 270 g/mol. The van der Waals surface area contributed by atoms with Gasteiger partial charge in [-0.3, -0.25) is 9.78 Å². The summed E-state index contributed by atoms with van der Waals surface area (Å²) in [6.45, 7) is 2.03. The Bertz CT molecular complexity index is 570. The standard InChI is InChI=1S/C16H18N2O2/c1-2-15(13-6-8-17-9-7-13)18-16(20)11-12-4-3-5-14(19)10-12/h3-10,15,19H,2,11H2,1H3,(H,18,20)/t15-/m0/s1. The zero-order chi connectivity index (χ0) is 14.4. The van der Waals surface area contributed by atoms with E-state index in [9.17, 15) is 9.90 Å².